The molecule has 0 unspecified atom stereocenters. The van der Waals surface area contributed by atoms with Gasteiger partial charge in [-0.3, -0.25) is 9.59 Å². The number of furan rings is 1. The second-order valence-electron chi connectivity index (χ2n) is 8.59. The van der Waals surface area contributed by atoms with Gasteiger partial charge >= 0.3 is 0 Å². The van der Waals surface area contributed by atoms with E-state index in [2.05, 4.69) is 19.2 Å². The summed E-state index contributed by atoms with van der Waals surface area (Å²) in [6, 6.07) is 14.4. The maximum absolute atomic E-state index is 13.4. The van der Waals surface area contributed by atoms with Crippen LogP contribution in [0.5, 0.6) is 0 Å². The molecule has 3 aromatic rings. The van der Waals surface area contributed by atoms with Crippen molar-refractivity contribution in [3.63, 3.8) is 0 Å². The standard InChI is InChI=1S/C26H30FN3O3/c1-17(2)18(3)30(26(32)19-8-10-21(27)11-9-19)16-20-15-22(12-13-23(20)29(4)5)28-25(31)24-7-6-14-33-24/h6-15,17-18H,16H2,1-5H3,(H,28,31)/t18-/m1/s1. The third kappa shape index (κ3) is 5.80. The van der Waals surface area contributed by atoms with Crippen molar-refractivity contribution in [3.8, 4) is 0 Å². The number of nitrogens with zero attached hydrogens (tertiary/aromatic N) is 2. The molecule has 0 bridgehead atoms. The van der Waals surface area contributed by atoms with Crippen molar-refractivity contribution in [3.05, 3.63) is 83.6 Å². The zero-order valence-electron chi connectivity index (χ0n) is 19.6. The Kier molecular flexibility index (Phi) is 7.53. The number of carbonyl (C=O) groups excluding carboxylic acids is 2. The van der Waals surface area contributed by atoms with Crippen LogP contribution in [0.25, 0.3) is 0 Å². The third-order valence-corrected chi connectivity index (χ3v) is 5.71. The predicted molar refractivity (Wildman–Crippen MR) is 128 cm³/mol. The Morgan fingerprint density at radius 2 is 1.73 bits per heavy atom. The number of rotatable bonds is 8. The summed E-state index contributed by atoms with van der Waals surface area (Å²) < 4.78 is 18.6. The summed E-state index contributed by atoms with van der Waals surface area (Å²) in [7, 11) is 3.86. The summed E-state index contributed by atoms with van der Waals surface area (Å²) >= 11 is 0. The highest BCUT2D eigenvalue weighted by Crippen LogP contribution is 2.27. The second-order valence-corrected chi connectivity index (χ2v) is 8.59. The first-order chi connectivity index (χ1) is 15.7. The van der Waals surface area contributed by atoms with Gasteiger partial charge in [-0.1, -0.05) is 13.8 Å². The fraction of sp³-hybridized carbons (Fsp3) is 0.308. The normalized spacial score (nSPS) is 11.8. The summed E-state index contributed by atoms with van der Waals surface area (Å²) in [6.07, 6.45) is 1.45. The van der Waals surface area contributed by atoms with Crippen LogP contribution in [0.15, 0.2) is 65.3 Å². The van der Waals surface area contributed by atoms with Gasteiger partial charge in [0.2, 0.25) is 0 Å². The van der Waals surface area contributed by atoms with Gasteiger partial charge in [0.1, 0.15) is 5.82 Å². The maximum atomic E-state index is 13.4. The van der Waals surface area contributed by atoms with Crippen LogP contribution in [0.4, 0.5) is 15.8 Å². The van der Waals surface area contributed by atoms with Crippen molar-refractivity contribution >= 4 is 23.2 Å². The van der Waals surface area contributed by atoms with E-state index >= 15 is 0 Å². The first-order valence-electron chi connectivity index (χ1n) is 10.9. The molecule has 0 saturated carbocycles. The minimum absolute atomic E-state index is 0.0704. The molecule has 0 aliphatic heterocycles. The molecule has 6 nitrogen and oxygen atoms in total. The van der Waals surface area contributed by atoms with Crippen molar-refractivity contribution in [1.29, 1.82) is 0 Å². The van der Waals surface area contributed by atoms with Crippen LogP contribution in [-0.2, 0) is 6.54 Å². The number of nitrogens with one attached hydrogen (secondary N) is 1. The van der Waals surface area contributed by atoms with Crippen LogP contribution >= 0.6 is 0 Å². The number of carbonyl (C=O) groups is 2. The highest BCUT2D eigenvalue weighted by atomic mass is 19.1. The van der Waals surface area contributed by atoms with Gasteiger partial charge in [0.05, 0.1) is 6.26 Å². The molecular formula is C26H30FN3O3. The SMILES string of the molecule is CC(C)[C@@H](C)N(Cc1cc(NC(=O)c2ccco2)ccc1N(C)C)C(=O)c1ccc(F)cc1. The average molecular weight is 452 g/mol. The fourth-order valence-corrected chi connectivity index (χ4v) is 3.53. The molecule has 3 rings (SSSR count). The topological polar surface area (TPSA) is 65.8 Å². The Labute approximate surface area is 194 Å². The molecule has 0 spiro atoms. The van der Waals surface area contributed by atoms with Crippen LogP contribution in [0, 0.1) is 11.7 Å². The van der Waals surface area contributed by atoms with Gasteiger partial charge in [0, 0.05) is 43.6 Å². The molecule has 1 aromatic heterocycles. The maximum Gasteiger partial charge on any atom is 0.291 e. The van der Waals surface area contributed by atoms with E-state index in [0.717, 1.165) is 11.3 Å². The minimum atomic E-state index is -0.384. The van der Waals surface area contributed by atoms with E-state index in [4.69, 9.17) is 4.42 Å². The Bertz CT molecular complexity index is 1090. The Balaban J connectivity index is 1.95. The molecule has 33 heavy (non-hydrogen) atoms. The third-order valence-electron chi connectivity index (χ3n) is 5.71. The van der Waals surface area contributed by atoms with E-state index in [9.17, 15) is 14.0 Å². The molecule has 2 amide bonds. The molecule has 174 valence electrons. The number of halogens is 1. The highest BCUT2D eigenvalue weighted by Gasteiger charge is 2.25. The number of amides is 2. The largest absolute Gasteiger partial charge is 0.459 e. The lowest BCUT2D eigenvalue weighted by Crippen LogP contribution is -2.41. The van der Waals surface area contributed by atoms with Crippen LogP contribution in [0.3, 0.4) is 0 Å². The van der Waals surface area contributed by atoms with Gasteiger partial charge < -0.3 is 19.5 Å². The van der Waals surface area contributed by atoms with Crippen molar-refractivity contribution in [2.45, 2.75) is 33.4 Å². The van der Waals surface area contributed by atoms with Crippen molar-refractivity contribution in [2.24, 2.45) is 5.92 Å². The Morgan fingerprint density at radius 1 is 1.03 bits per heavy atom. The van der Waals surface area contributed by atoms with Crippen molar-refractivity contribution in [2.75, 3.05) is 24.3 Å². The predicted octanol–water partition coefficient (Wildman–Crippen LogP) is 5.42. The van der Waals surface area contributed by atoms with Crippen LogP contribution in [-0.4, -0.2) is 36.9 Å². The van der Waals surface area contributed by atoms with Crippen LogP contribution in [0.2, 0.25) is 0 Å². The molecule has 7 heteroatoms. The van der Waals surface area contributed by atoms with Gasteiger partial charge in [-0.05, 0) is 73.0 Å². The van der Waals surface area contributed by atoms with E-state index in [1.54, 1.807) is 17.0 Å². The smallest absolute Gasteiger partial charge is 0.291 e. The zero-order valence-corrected chi connectivity index (χ0v) is 19.6. The molecule has 0 aliphatic rings. The quantitative estimate of drug-likeness (QED) is 0.496. The lowest BCUT2D eigenvalue weighted by molar-refractivity contribution is 0.0628. The minimum Gasteiger partial charge on any atom is -0.459 e. The number of benzene rings is 2. The molecule has 1 atom stereocenters. The van der Waals surface area contributed by atoms with Crippen molar-refractivity contribution < 1.29 is 18.4 Å². The molecule has 0 fully saturated rings. The average Bonchev–Trinajstić information content (AvgIpc) is 3.32. The molecule has 1 heterocycles. The summed E-state index contributed by atoms with van der Waals surface area (Å²) in [5.41, 5.74) is 2.83. The molecular weight excluding hydrogens is 421 g/mol. The van der Waals surface area contributed by atoms with Crippen LogP contribution in [0.1, 0.15) is 47.2 Å². The molecule has 0 saturated heterocycles. The van der Waals surface area contributed by atoms with Crippen LogP contribution < -0.4 is 10.2 Å². The highest BCUT2D eigenvalue weighted by molar-refractivity contribution is 6.02. The molecule has 0 radical (unpaired) electrons. The lowest BCUT2D eigenvalue weighted by Gasteiger charge is -2.33. The number of hydrogen-bond donors (Lipinski definition) is 1. The summed E-state index contributed by atoms with van der Waals surface area (Å²) in [6.45, 7) is 6.45. The number of hydrogen-bond acceptors (Lipinski definition) is 4. The van der Waals surface area contributed by atoms with E-state index < -0.39 is 0 Å². The summed E-state index contributed by atoms with van der Waals surface area (Å²) in [5.74, 6) is -0.483. The molecule has 1 N–H and O–H groups in total. The zero-order chi connectivity index (χ0) is 24.1. The van der Waals surface area contributed by atoms with Crippen molar-refractivity contribution in [1.82, 2.24) is 4.90 Å². The second kappa shape index (κ2) is 10.3. The van der Waals surface area contributed by atoms with Gasteiger partial charge in [-0.2, -0.15) is 0 Å². The monoisotopic (exact) mass is 451 g/mol. The summed E-state index contributed by atoms with van der Waals surface area (Å²) in [5, 5.41) is 2.85. The van der Waals surface area contributed by atoms with Gasteiger partial charge in [0.15, 0.2) is 5.76 Å². The lowest BCUT2D eigenvalue weighted by atomic mass is 10.0. The van der Waals surface area contributed by atoms with Gasteiger partial charge in [0.25, 0.3) is 11.8 Å². The van der Waals surface area contributed by atoms with Gasteiger partial charge in [-0.15, -0.1) is 0 Å². The van der Waals surface area contributed by atoms with E-state index in [1.165, 1.54) is 30.5 Å². The molecule has 2 aromatic carbocycles. The van der Waals surface area contributed by atoms with Gasteiger partial charge in [-0.25, -0.2) is 4.39 Å². The summed E-state index contributed by atoms with van der Waals surface area (Å²) in [4.78, 5) is 29.6. The van der Waals surface area contributed by atoms with E-state index in [-0.39, 0.29) is 35.4 Å². The Hall–Kier alpha value is -3.61. The first-order valence-corrected chi connectivity index (χ1v) is 10.9. The number of anilines is 2. The van der Waals surface area contributed by atoms with E-state index in [0.29, 0.717) is 17.8 Å². The Morgan fingerprint density at radius 3 is 2.30 bits per heavy atom. The molecule has 0 aliphatic carbocycles. The van der Waals surface area contributed by atoms with E-state index in [1.807, 2.05) is 44.1 Å². The first kappa shape index (κ1) is 24.0. The fourth-order valence-electron chi connectivity index (χ4n) is 3.53.